The molecule has 2 aromatic carbocycles. The number of aliphatic hydroxyl groups is 1. The predicted molar refractivity (Wildman–Crippen MR) is 159 cm³/mol. The number of hydrogen-bond acceptors (Lipinski definition) is 9. The molecule has 1 aliphatic rings. The van der Waals surface area contributed by atoms with Crippen LogP contribution in [0.25, 0.3) is 0 Å². The molecule has 3 amide bonds. The quantitative estimate of drug-likeness (QED) is 0.0662. The molecule has 0 saturated carbocycles. The molecule has 2 aromatic rings. The maximum atomic E-state index is 13.1. The predicted octanol–water partition coefficient (Wildman–Crippen LogP) is 0.808. The first-order valence-corrected chi connectivity index (χ1v) is 14.6. The lowest BCUT2D eigenvalue weighted by molar-refractivity contribution is -0.131. The SMILES string of the molecule is Nc1ccc(C(=O)NCCN(CCNC(O)c2ccc(N)cc2)C(=O)CCCCC2SCC(NC=O)C2N)cc1. The zero-order valence-electron chi connectivity index (χ0n) is 22.6. The summed E-state index contributed by atoms with van der Waals surface area (Å²) in [6, 6.07) is 13.5. The lowest BCUT2D eigenvalue weighted by atomic mass is 10.0. The fraction of sp³-hybridized carbons (Fsp3) is 0.464. The summed E-state index contributed by atoms with van der Waals surface area (Å²) in [7, 11) is 0. The maximum Gasteiger partial charge on any atom is 0.251 e. The standard InChI is InChI=1S/C28H41N7O4S/c29-21-9-5-19(6-10-21)27(38)32-13-15-35(16-14-33-28(39)20-7-11-22(30)12-8-20)25(37)4-2-1-3-24-26(31)23(17-40-24)34-18-36/h5-12,18,23-24,26-27,32,38H,1-4,13-17,29-31H2,(H,33,39)(H,34,36). The number of benzene rings is 2. The third-order valence-electron chi connectivity index (χ3n) is 6.96. The summed E-state index contributed by atoms with van der Waals surface area (Å²) in [6.07, 6.45) is 2.61. The highest BCUT2D eigenvalue weighted by atomic mass is 32.2. The van der Waals surface area contributed by atoms with Crippen LogP contribution in [0.2, 0.25) is 0 Å². The summed E-state index contributed by atoms with van der Waals surface area (Å²) in [5.74, 6) is 0.542. The highest BCUT2D eigenvalue weighted by Gasteiger charge is 2.33. The van der Waals surface area contributed by atoms with Gasteiger partial charge in [0.1, 0.15) is 6.23 Å². The Morgan fingerprint density at radius 1 is 1.02 bits per heavy atom. The third-order valence-corrected chi connectivity index (χ3v) is 8.49. The van der Waals surface area contributed by atoms with Crippen molar-refractivity contribution in [3.63, 3.8) is 0 Å². The third kappa shape index (κ3) is 9.70. The van der Waals surface area contributed by atoms with Gasteiger partial charge in [-0.3, -0.25) is 19.7 Å². The number of nitrogens with one attached hydrogen (secondary N) is 3. The van der Waals surface area contributed by atoms with Gasteiger partial charge in [-0.05, 0) is 54.8 Å². The molecule has 4 unspecified atom stereocenters. The Morgan fingerprint density at radius 3 is 2.35 bits per heavy atom. The summed E-state index contributed by atoms with van der Waals surface area (Å²) in [5.41, 5.74) is 20.0. The van der Waals surface area contributed by atoms with Crippen molar-refractivity contribution >= 4 is 41.4 Å². The van der Waals surface area contributed by atoms with Gasteiger partial charge in [0.2, 0.25) is 12.3 Å². The molecule has 12 heteroatoms. The number of hydrogen-bond donors (Lipinski definition) is 7. The number of aliphatic hydroxyl groups excluding tert-OH is 1. The molecule has 0 bridgehead atoms. The van der Waals surface area contributed by atoms with Gasteiger partial charge < -0.3 is 37.8 Å². The minimum Gasteiger partial charge on any atom is -0.399 e. The topological polar surface area (TPSA) is 189 Å². The Balaban J connectivity index is 1.47. The molecule has 3 rings (SSSR count). The van der Waals surface area contributed by atoms with E-state index in [1.807, 2.05) is 0 Å². The van der Waals surface area contributed by atoms with Crippen LogP contribution in [0.15, 0.2) is 48.5 Å². The molecule has 4 atom stereocenters. The number of unbranched alkanes of at least 4 members (excludes halogenated alkanes) is 1. The van der Waals surface area contributed by atoms with Crippen molar-refractivity contribution in [1.29, 1.82) is 0 Å². The Morgan fingerprint density at radius 2 is 1.68 bits per heavy atom. The normalized spacial score (nSPS) is 19.1. The monoisotopic (exact) mass is 571 g/mol. The van der Waals surface area contributed by atoms with E-state index in [2.05, 4.69) is 16.0 Å². The number of nitrogens with two attached hydrogens (primary N) is 3. The highest BCUT2D eigenvalue weighted by Crippen LogP contribution is 2.30. The zero-order valence-corrected chi connectivity index (χ0v) is 23.4. The average Bonchev–Trinajstić information content (AvgIpc) is 3.29. The second-order valence-corrected chi connectivity index (χ2v) is 11.1. The first-order valence-electron chi connectivity index (χ1n) is 13.5. The van der Waals surface area contributed by atoms with E-state index in [0.717, 1.165) is 18.6 Å². The van der Waals surface area contributed by atoms with Crippen LogP contribution in [0, 0.1) is 0 Å². The minimum absolute atomic E-state index is 0.0100. The molecule has 10 N–H and O–H groups in total. The Kier molecular flexibility index (Phi) is 12.5. The fourth-order valence-corrected chi connectivity index (χ4v) is 6.06. The van der Waals surface area contributed by atoms with Gasteiger partial charge in [0, 0.05) is 66.6 Å². The number of amides is 3. The Labute approximate surface area is 239 Å². The van der Waals surface area contributed by atoms with E-state index in [4.69, 9.17) is 17.2 Å². The Bertz CT molecular complexity index is 1090. The second-order valence-electron chi connectivity index (χ2n) is 9.87. The summed E-state index contributed by atoms with van der Waals surface area (Å²) in [4.78, 5) is 38.0. The van der Waals surface area contributed by atoms with Crippen molar-refractivity contribution in [3.05, 3.63) is 59.7 Å². The number of carbonyl (C=O) groups is 3. The molecule has 0 aliphatic carbocycles. The van der Waals surface area contributed by atoms with Crippen molar-refractivity contribution in [3.8, 4) is 0 Å². The van der Waals surface area contributed by atoms with E-state index in [0.29, 0.717) is 61.4 Å². The molecule has 1 heterocycles. The lowest BCUT2D eigenvalue weighted by Crippen LogP contribution is -2.46. The van der Waals surface area contributed by atoms with Gasteiger partial charge in [-0.25, -0.2) is 0 Å². The number of rotatable bonds is 16. The van der Waals surface area contributed by atoms with E-state index in [9.17, 15) is 19.5 Å². The summed E-state index contributed by atoms with van der Waals surface area (Å²) in [6.45, 7) is 1.35. The van der Waals surface area contributed by atoms with E-state index < -0.39 is 6.23 Å². The van der Waals surface area contributed by atoms with Crippen LogP contribution in [-0.2, 0) is 9.59 Å². The summed E-state index contributed by atoms with van der Waals surface area (Å²) >= 11 is 1.76. The van der Waals surface area contributed by atoms with Crippen molar-refractivity contribution in [2.45, 2.75) is 49.2 Å². The van der Waals surface area contributed by atoms with Gasteiger partial charge in [0.15, 0.2) is 0 Å². The van der Waals surface area contributed by atoms with Gasteiger partial charge in [0.25, 0.3) is 5.91 Å². The lowest BCUT2D eigenvalue weighted by Gasteiger charge is -2.24. The number of nitrogen functional groups attached to an aromatic ring is 2. The van der Waals surface area contributed by atoms with Crippen LogP contribution in [0.5, 0.6) is 0 Å². The minimum atomic E-state index is -0.895. The largest absolute Gasteiger partial charge is 0.399 e. The van der Waals surface area contributed by atoms with Gasteiger partial charge in [0.05, 0.1) is 6.04 Å². The van der Waals surface area contributed by atoms with Crippen molar-refractivity contribution in [2.24, 2.45) is 5.73 Å². The molecule has 11 nitrogen and oxygen atoms in total. The molecule has 40 heavy (non-hydrogen) atoms. The average molecular weight is 572 g/mol. The Hall–Kier alpha value is -3.32. The van der Waals surface area contributed by atoms with Gasteiger partial charge in [-0.2, -0.15) is 11.8 Å². The maximum absolute atomic E-state index is 13.1. The molecule has 1 aliphatic heterocycles. The molecule has 0 radical (unpaired) electrons. The number of thioether (sulfide) groups is 1. The van der Waals surface area contributed by atoms with Crippen LogP contribution in [0.4, 0.5) is 11.4 Å². The van der Waals surface area contributed by atoms with E-state index in [-0.39, 0.29) is 35.7 Å². The number of anilines is 2. The van der Waals surface area contributed by atoms with Crippen molar-refractivity contribution in [1.82, 2.24) is 20.9 Å². The summed E-state index contributed by atoms with van der Waals surface area (Å²) in [5, 5.41) is 19.4. The second kappa shape index (κ2) is 16.1. The van der Waals surface area contributed by atoms with Crippen LogP contribution >= 0.6 is 11.8 Å². The first kappa shape index (κ1) is 31.2. The van der Waals surface area contributed by atoms with Crippen molar-refractivity contribution in [2.75, 3.05) is 43.4 Å². The molecule has 218 valence electrons. The molecular formula is C28H41N7O4S. The molecular weight excluding hydrogens is 530 g/mol. The van der Waals surface area contributed by atoms with Crippen LogP contribution in [-0.4, -0.2) is 77.5 Å². The number of carbonyl (C=O) groups excluding carboxylic acids is 3. The van der Waals surface area contributed by atoms with Gasteiger partial charge in [-0.1, -0.05) is 18.6 Å². The van der Waals surface area contributed by atoms with Crippen molar-refractivity contribution < 1.29 is 19.5 Å². The highest BCUT2D eigenvalue weighted by molar-refractivity contribution is 8.00. The number of nitrogens with zero attached hydrogens (tertiary/aromatic N) is 1. The van der Waals surface area contributed by atoms with Crippen LogP contribution < -0.4 is 33.2 Å². The van der Waals surface area contributed by atoms with E-state index >= 15 is 0 Å². The van der Waals surface area contributed by atoms with Gasteiger partial charge in [-0.15, -0.1) is 0 Å². The van der Waals surface area contributed by atoms with Gasteiger partial charge >= 0.3 is 0 Å². The van der Waals surface area contributed by atoms with E-state index in [1.54, 1.807) is 65.2 Å². The summed E-state index contributed by atoms with van der Waals surface area (Å²) < 4.78 is 0. The fourth-order valence-electron chi connectivity index (χ4n) is 4.55. The first-order chi connectivity index (χ1) is 19.3. The zero-order chi connectivity index (χ0) is 28.9. The molecule has 0 spiro atoms. The smallest absolute Gasteiger partial charge is 0.251 e. The molecule has 1 saturated heterocycles. The van der Waals surface area contributed by atoms with Crippen LogP contribution in [0.1, 0.15) is 47.8 Å². The molecule has 1 fully saturated rings. The van der Waals surface area contributed by atoms with Crippen LogP contribution in [0.3, 0.4) is 0 Å². The van der Waals surface area contributed by atoms with E-state index in [1.165, 1.54) is 0 Å². The molecule has 0 aromatic heterocycles.